The fraction of sp³-hybridized carbons (Fsp3) is 0.111. The number of pyridine rings is 1. The van der Waals surface area contributed by atoms with Crippen LogP contribution in [-0.4, -0.2) is 27.6 Å². The molecule has 0 aliphatic carbocycles. The van der Waals surface area contributed by atoms with Crippen LogP contribution < -0.4 is 9.47 Å². The first kappa shape index (κ1) is 20.2. The van der Waals surface area contributed by atoms with E-state index >= 15 is 0 Å². The number of ether oxygens (including phenoxy) is 2. The molecule has 0 radical (unpaired) electrons. The maximum absolute atomic E-state index is 14.0. The molecule has 0 saturated heterocycles. The summed E-state index contributed by atoms with van der Waals surface area (Å²) in [6.45, 7) is 0.845. The number of rotatable bonds is 5. The monoisotopic (exact) mass is 453 g/mol. The number of nitrogens with zero attached hydrogens (tertiary/aromatic N) is 2. The average Bonchev–Trinajstić information content (AvgIpc) is 3.49. The van der Waals surface area contributed by atoms with Gasteiger partial charge < -0.3 is 19.4 Å². The Morgan fingerprint density at radius 2 is 1.91 bits per heavy atom. The first-order chi connectivity index (χ1) is 16.6. The molecule has 3 heterocycles. The molecule has 5 aromatic rings. The number of carbonyl (C=O) groups excluding carboxylic acids is 1. The molecule has 0 bridgehead atoms. The molecule has 7 heteroatoms. The highest BCUT2D eigenvalue weighted by Crippen LogP contribution is 2.33. The van der Waals surface area contributed by atoms with Crippen molar-refractivity contribution in [3.05, 3.63) is 102 Å². The number of fused-ring (bicyclic) bond motifs is 3. The quantitative estimate of drug-likeness (QED) is 0.386. The van der Waals surface area contributed by atoms with Crippen LogP contribution in [0.4, 0.5) is 4.39 Å². The smallest absolute Gasteiger partial charge is 0.254 e. The van der Waals surface area contributed by atoms with Crippen LogP contribution >= 0.6 is 0 Å². The van der Waals surface area contributed by atoms with E-state index < -0.39 is 0 Å². The lowest BCUT2D eigenvalue weighted by atomic mass is 10.1. The van der Waals surface area contributed by atoms with E-state index in [-0.39, 0.29) is 18.5 Å². The average molecular weight is 453 g/mol. The lowest BCUT2D eigenvalue weighted by Crippen LogP contribution is -2.30. The largest absolute Gasteiger partial charge is 0.454 e. The van der Waals surface area contributed by atoms with E-state index in [2.05, 4.69) is 9.97 Å². The zero-order valence-corrected chi connectivity index (χ0v) is 18.1. The summed E-state index contributed by atoms with van der Waals surface area (Å²) in [7, 11) is 0. The van der Waals surface area contributed by atoms with Gasteiger partial charge >= 0.3 is 0 Å². The van der Waals surface area contributed by atoms with Crippen molar-refractivity contribution < 1.29 is 18.7 Å². The van der Waals surface area contributed by atoms with Crippen LogP contribution in [0.2, 0.25) is 0 Å². The van der Waals surface area contributed by atoms with E-state index in [9.17, 15) is 9.18 Å². The van der Waals surface area contributed by atoms with Crippen molar-refractivity contribution in [2.45, 2.75) is 13.1 Å². The van der Waals surface area contributed by atoms with Gasteiger partial charge in [-0.3, -0.25) is 9.78 Å². The second-order valence-electron chi connectivity index (χ2n) is 8.26. The highest BCUT2D eigenvalue weighted by atomic mass is 19.1. The molecule has 3 aromatic carbocycles. The Morgan fingerprint density at radius 1 is 1.00 bits per heavy atom. The first-order valence-corrected chi connectivity index (χ1v) is 10.9. The number of hydrogen-bond donors (Lipinski definition) is 1. The van der Waals surface area contributed by atoms with Crippen LogP contribution in [0.25, 0.3) is 21.8 Å². The number of aromatic amines is 1. The van der Waals surface area contributed by atoms with Crippen LogP contribution in [0, 0.1) is 5.82 Å². The van der Waals surface area contributed by atoms with Gasteiger partial charge in [0.25, 0.3) is 5.91 Å². The minimum atomic E-state index is -0.316. The number of H-pyrrole nitrogens is 1. The standard InChI is InChI=1S/C27H20FN3O3/c28-21-5-7-24-22(12-21)20(13-30-24)15-31(14-17-3-8-25-26(10-17)34-16-33-25)27(32)19-4-6-23-18(11-19)2-1-9-29-23/h1-13,30H,14-16H2. The molecule has 0 fully saturated rings. The van der Waals surface area contributed by atoms with Crippen molar-refractivity contribution in [2.24, 2.45) is 0 Å². The molecule has 6 rings (SSSR count). The Kier molecular flexibility index (Phi) is 4.87. The van der Waals surface area contributed by atoms with Crippen molar-refractivity contribution in [2.75, 3.05) is 6.79 Å². The summed E-state index contributed by atoms with van der Waals surface area (Å²) in [6, 6.07) is 19.6. The zero-order chi connectivity index (χ0) is 23.1. The van der Waals surface area contributed by atoms with Gasteiger partial charge in [0.05, 0.1) is 5.52 Å². The third-order valence-electron chi connectivity index (χ3n) is 6.04. The topological polar surface area (TPSA) is 67.5 Å². The van der Waals surface area contributed by atoms with E-state index in [0.29, 0.717) is 30.2 Å². The number of amides is 1. The molecule has 2 aromatic heterocycles. The number of halogens is 1. The summed E-state index contributed by atoms with van der Waals surface area (Å²) in [5.74, 6) is 0.907. The summed E-state index contributed by atoms with van der Waals surface area (Å²) in [4.78, 5) is 23.0. The van der Waals surface area contributed by atoms with E-state index in [4.69, 9.17) is 9.47 Å². The van der Waals surface area contributed by atoms with Crippen molar-refractivity contribution in [3.8, 4) is 11.5 Å². The highest BCUT2D eigenvalue weighted by molar-refractivity contribution is 5.98. The number of nitrogens with one attached hydrogen (secondary N) is 1. The number of carbonyl (C=O) groups is 1. The summed E-state index contributed by atoms with van der Waals surface area (Å²) in [6.07, 6.45) is 3.56. The number of benzene rings is 3. The maximum atomic E-state index is 14.0. The summed E-state index contributed by atoms with van der Waals surface area (Å²) in [5.41, 5.74) is 3.96. The van der Waals surface area contributed by atoms with Crippen LogP contribution in [0.5, 0.6) is 11.5 Å². The van der Waals surface area contributed by atoms with Gasteiger partial charge in [-0.25, -0.2) is 4.39 Å². The van der Waals surface area contributed by atoms with E-state index in [1.54, 1.807) is 23.2 Å². The molecule has 6 nitrogen and oxygen atoms in total. The minimum absolute atomic E-state index is 0.130. The van der Waals surface area contributed by atoms with Gasteiger partial charge in [0.1, 0.15) is 5.82 Å². The van der Waals surface area contributed by atoms with Crippen molar-refractivity contribution >= 4 is 27.7 Å². The van der Waals surface area contributed by atoms with Gasteiger partial charge in [0.15, 0.2) is 11.5 Å². The third-order valence-corrected chi connectivity index (χ3v) is 6.04. The maximum Gasteiger partial charge on any atom is 0.254 e. The predicted octanol–water partition coefficient (Wildman–Crippen LogP) is 5.43. The Labute approximate surface area is 194 Å². The van der Waals surface area contributed by atoms with Crippen LogP contribution in [0.3, 0.4) is 0 Å². The molecular weight excluding hydrogens is 433 g/mol. The molecule has 0 unspecified atom stereocenters. The fourth-order valence-electron chi connectivity index (χ4n) is 4.34. The van der Waals surface area contributed by atoms with Crippen molar-refractivity contribution in [1.29, 1.82) is 0 Å². The number of aromatic nitrogens is 2. The molecule has 1 aliphatic heterocycles. The van der Waals surface area contributed by atoms with Crippen molar-refractivity contribution in [1.82, 2.24) is 14.9 Å². The van der Waals surface area contributed by atoms with Gasteiger partial charge in [-0.05, 0) is 65.7 Å². The highest BCUT2D eigenvalue weighted by Gasteiger charge is 2.21. The molecular formula is C27H20FN3O3. The molecule has 0 spiro atoms. The lowest BCUT2D eigenvalue weighted by molar-refractivity contribution is 0.0730. The summed E-state index contributed by atoms with van der Waals surface area (Å²) in [5, 5.41) is 1.65. The second kappa shape index (κ2) is 8.19. The Hall–Kier alpha value is -4.39. The Morgan fingerprint density at radius 3 is 2.85 bits per heavy atom. The van der Waals surface area contributed by atoms with Gasteiger partial charge in [-0.2, -0.15) is 0 Å². The fourth-order valence-corrected chi connectivity index (χ4v) is 4.34. The van der Waals surface area contributed by atoms with E-state index in [1.165, 1.54) is 12.1 Å². The number of hydrogen-bond acceptors (Lipinski definition) is 4. The van der Waals surface area contributed by atoms with Gasteiger partial charge in [-0.1, -0.05) is 12.1 Å². The normalized spacial score (nSPS) is 12.4. The zero-order valence-electron chi connectivity index (χ0n) is 18.1. The second-order valence-corrected chi connectivity index (χ2v) is 8.26. The minimum Gasteiger partial charge on any atom is -0.454 e. The van der Waals surface area contributed by atoms with Gasteiger partial charge in [-0.15, -0.1) is 0 Å². The Balaban J connectivity index is 1.37. The molecule has 34 heavy (non-hydrogen) atoms. The Bertz CT molecular complexity index is 1550. The third kappa shape index (κ3) is 3.71. The lowest BCUT2D eigenvalue weighted by Gasteiger charge is -2.23. The molecule has 168 valence electrons. The molecule has 1 aliphatic rings. The van der Waals surface area contributed by atoms with E-state index in [0.717, 1.165) is 32.9 Å². The van der Waals surface area contributed by atoms with Crippen LogP contribution in [0.1, 0.15) is 21.5 Å². The van der Waals surface area contributed by atoms with Gasteiger partial charge in [0, 0.05) is 47.3 Å². The van der Waals surface area contributed by atoms with Crippen LogP contribution in [0.15, 0.2) is 79.1 Å². The molecule has 1 N–H and O–H groups in total. The summed E-state index contributed by atoms with van der Waals surface area (Å²) >= 11 is 0. The van der Waals surface area contributed by atoms with E-state index in [1.807, 2.05) is 48.7 Å². The molecule has 1 amide bonds. The summed E-state index contributed by atoms with van der Waals surface area (Å²) < 4.78 is 24.9. The SMILES string of the molecule is O=C(c1ccc2ncccc2c1)N(Cc1ccc2c(c1)OCO2)Cc1c[nH]c2ccc(F)cc12. The predicted molar refractivity (Wildman–Crippen MR) is 126 cm³/mol. The molecule has 0 saturated carbocycles. The van der Waals surface area contributed by atoms with Gasteiger partial charge in [0.2, 0.25) is 6.79 Å². The van der Waals surface area contributed by atoms with Crippen molar-refractivity contribution in [3.63, 3.8) is 0 Å². The first-order valence-electron chi connectivity index (χ1n) is 10.9. The molecule has 0 atom stereocenters. The van der Waals surface area contributed by atoms with Crippen LogP contribution in [-0.2, 0) is 13.1 Å².